The molecule has 22 nitrogen and oxygen atoms in total. The first-order valence-electron chi connectivity index (χ1n) is 26.2. The zero-order valence-electron chi connectivity index (χ0n) is 49.9. The van der Waals surface area contributed by atoms with E-state index in [1.807, 2.05) is 87.4 Å². The fourth-order valence-corrected chi connectivity index (χ4v) is 9.94. The van der Waals surface area contributed by atoms with E-state index in [4.69, 9.17) is 23.8 Å². The number of Topliss-reactive ketones (excluding diaryl/α,β-unsaturated/α-hetero) is 2. The van der Waals surface area contributed by atoms with Gasteiger partial charge in [0.25, 0.3) is 5.69 Å². The average Bonchev–Trinajstić information content (AvgIpc) is 4.01. The van der Waals surface area contributed by atoms with E-state index >= 15 is 0 Å². The summed E-state index contributed by atoms with van der Waals surface area (Å²) in [6, 6.07) is 17.2. The predicted molar refractivity (Wildman–Crippen MR) is 311 cm³/mol. The third-order valence-corrected chi connectivity index (χ3v) is 13.2. The smallest absolute Gasteiger partial charge is 0.508 e. The number of benzene rings is 4. The number of phosphoric ester groups is 1. The second kappa shape index (κ2) is 30.9. The number of amidine groups is 1. The summed E-state index contributed by atoms with van der Waals surface area (Å²) in [7, 11) is -1.76. The highest BCUT2D eigenvalue weighted by atomic mass is 31.2. The summed E-state index contributed by atoms with van der Waals surface area (Å²) < 4.78 is 30.8. The Balaban J connectivity index is 0.000000353. The summed E-state index contributed by atoms with van der Waals surface area (Å²) in [5, 5.41) is 35.2. The molecule has 0 unspecified atom stereocenters. The lowest BCUT2D eigenvalue weighted by Gasteiger charge is -2.32. The number of phenols is 1. The standard InChI is InChI=1S/C15H23O5P.C15H22O2.C13H16O2.C9H10N2O4.C7H9N3O4/c1-6-12(16)9-15(4,5)14-11(3)7-10(2)8-13(14)20-21(17,18)19;1-6-12(16)9-15(4,5)14-11(3)7-10(2)8-13(14)17;1-8-5-9(2)12-10(6-8)15-11(14)7-13(12,3)4;1-10-9(12)15-6-7-2-4-8(5-3-7)11(13)14;1-8-7(11)14-4-5-2-6(9-3-5)10(12)13/h7-8H,6,9H2,1-5H3,(H2,17,18,19);7-8,17H,6,9H2,1-5H3;5-6H,7H2,1-4H3;2-5H,6H2,1H3,(H,10,12);3H,2,4H2,1H3,(H,8,11). The van der Waals surface area contributed by atoms with E-state index < -0.39 is 35.3 Å². The first-order valence-corrected chi connectivity index (χ1v) is 27.8. The molecule has 2 heterocycles. The third kappa shape index (κ3) is 22.6. The number of nitrogens with one attached hydrogen (secondary N) is 2. The molecule has 5 N–H and O–H groups in total. The SMILES string of the molecule is CCC(=O)CC(C)(C)c1c(C)cc(C)cc1O.CCC(=O)CC(C)(C)c1c(C)cc(C)cc1OP(=O)(O)O.CNC(=O)OCC1=CN=C([N+](=O)[O-])C1.CNC(=O)OCc1ccc([N+](=O)[O-])cc1.Cc1cc(C)c2c(c1)OC(=O)CC2(C)C. The number of aromatic hydroxyl groups is 1. The number of phosphoric acid groups is 1. The second-order valence-corrected chi connectivity index (χ2v) is 22.9. The molecule has 0 bridgehead atoms. The Hall–Kier alpha value is -7.81. The highest BCUT2D eigenvalue weighted by Gasteiger charge is 2.36. The molecule has 448 valence electrons. The highest BCUT2D eigenvalue weighted by molar-refractivity contribution is 7.46. The molecule has 2 aliphatic heterocycles. The van der Waals surface area contributed by atoms with E-state index in [9.17, 15) is 53.9 Å². The van der Waals surface area contributed by atoms with Gasteiger partial charge in [-0.25, -0.2) is 14.2 Å². The molecule has 2 aliphatic rings. The zero-order valence-corrected chi connectivity index (χ0v) is 50.7. The molecule has 4 aromatic carbocycles. The monoisotopic (exact) mass is 1160 g/mol. The van der Waals surface area contributed by atoms with Gasteiger partial charge in [-0.05, 0) is 116 Å². The molecule has 0 fully saturated rings. The molecule has 0 spiro atoms. The summed E-state index contributed by atoms with van der Waals surface area (Å²) in [4.78, 5) is 97.5. The Morgan fingerprint density at radius 2 is 1.21 bits per heavy atom. The van der Waals surface area contributed by atoms with Gasteiger partial charge in [0.1, 0.15) is 48.2 Å². The summed E-state index contributed by atoms with van der Waals surface area (Å²) >= 11 is 0. The maximum absolute atomic E-state index is 11.8. The van der Waals surface area contributed by atoms with Crippen molar-refractivity contribution in [2.75, 3.05) is 20.7 Å². The van der Waals surface area contributed by atoms with Gasteiger partial charge in [-0.2, -0.15) is 0 Å². The number of hydrogen-bond acceptors (Lipinski definition) is 16. The van der Waals surface area contributed by atoms with Crippen LogP contribution in [-0.2, 0) is 51.3 Å². The van der Waals surface area contributed by atoms with Crippen LogP contribution >= 0.6 is 7.82 Å². The Morgan fingerprint density at radius 1 is 0.732 bits per heavy atom. The number of carbonyl (C=O) groups is 5. The number of ether oxygens (including phenoxy) is 3. The Labute approximate surface area is 479 Å². The number of alkyl carbamates (subject to hydrolysis) is 2. The van der Waals surface area contributed by atoms with Crippen LogP contribution in [0.1, 0.15) is 150 Å². The summed E-state index contributed by atoms with van der Waals surface area (Å²) in [5.41, 5.74) is 9.22. The minimum absolute atomic E-state index is 0.0127. The van der Waals surface area contributed by atoms with Crippen molar-refractivity contribution in [3.63, 3.8) is 0 Å². The molecule has 0 radical (unpaired) electrons. The van der Waals surface area contributed by atoms with Gasteiger partial charge in [-0.15, -0.1) is 0 Å². The molecule has 82 heavy (non-hydrogen) atoms. The number of aryl methyl sites for hydroxylation is 6. The van der Waals surface area contributed by atoms with Crippen molar-refractivity contribution in [2.24, 2.45) is 4.99 Å². The lowest BCUT2D eigenvalue weighted by atomic mass is 9.77. The lowest BCUT2D eigenvalue weighted by Crippen LogP contribution is -2.31. The molecule has 0 saturated heterocycles. The fourth-order valence-electron chi connectivity index (χ4n) is 9.54. The summed E-state index contributed by atoms with van der Waals surface area (Å²) in [6.07, 6.45) is 2.59. The number of nitro benzene ring substituents is 1. The maximum Gasteiger partial charge on any atom is 0.524 e. The minimum Gasteiger partial charge on any atom is -0.508 e. The van der Waals surface area contributed by atoms with Crippen LogP contribution in [0.25, 0.3) is 0 Å². The van der Waals surface area contributed by atoms with Gasteiger partial charge in [-0.1, -0.05) is 78.6 Å². The number of nitrogens with zero attached hydrogens (tertiary/aromatic N) is 3. The lowest BCUT2D eigenvalue weighted by molar-refractivity contribution is -0.384. The van der Waals surface area contributed by atoms with Crippen LogP contribution in [-0.4, -0.2) is 81.0 Å². The van der Waals surface area contributed by atoms with Crippen LogP contribution in [0.4, 0.5) is 15.3 Å². The number of aliphatic imine (C=N–C) groups is 1. The van der Waals surface area contributed by atoms with E-state index in [1.54, 1.807) is 31.2 Å². The quantitative estimate of drug-likeness (QED) is 0.0243. The number of hydrogen-bond donors (Lipinski definition) is 5. The van der Waals surface area contributed by atoms with Gasteiger partial charge in [0.15, 0.2) is 0 Å². The largest absolute Gasteiger partial charge is 0.524 e. The average molecular weight is 1160 g/mol. The summed E-state index contributed by atoms with van der Waals surface area (Å²) in [6.45, 7) is 27.5. The van der Waals surface area contributed by atoms with Crippen molar-refractivity contribution in [3.05, 3.63) is 148 Å². The molecule has 6 rings (SSSR count). The number of nitro groups is 2. The highest BCUT2D eigenvalue weighted by Crippen LogP contribution is 2.46. The van der Waals surface area contributed by atoms with Gasteiger partial charge in [0.05, 0.1) is 17.8 Å². The van der Waals surface area contributed by atoms with Crippen LogP contribution in [0.2, 0.25) is 0 Å². The minimum atomic E-state index is -4.65. The number of non-ortho nitro benzene ring substituents is 1. The van der Waals surface area contributed by atoms with Crippen molar-refractivity contribution < 1.29 is 72.0 Å². The van der Waals surface area contributed by atoms with Gasteiger partial charge >= 0.3 is 31.8 Å². The van der Waals surface area contributed by atoms with Crippen LogP contribution in [0.3, 0.4) is 0 Å². The van der Waals surface area contributed by atoms with Crippen LogP contribution in [0, 0.1) is 61.8 Å². The first-order chi connectivity index (χ1) is 37.9. The number of ketones is 2. The number of phenolic OH excluding ortho intramolecular Hbond substituents is 1. The van der Waals surface area contributed by atoms with Crippen LogP contribution in [0.15, 0.2) is 77.4 Å². The zero-order chi connectivity index (χ0) is 62.7. The van der Waals surface area contributed by atoms with E-state index in [-0.39, 0.29) is 65.3 Å². The number of amides is 2. The predicted octanol–water partition coefficient (Wildman–Crippen LogP) is 11.7. The Morgan fingerprint density at radius 3 is 1.67 bits per heavy atom. The topological polar surface area (TPSA) is 323 Å². The number of rotatable bonds is 15. The maximum atomic E-state index is 11.8. The molecule has 4 aromatic rings. The Kier molecular flexibility index (Phi) is 26.4. The normalized spacial score (nSPS) is 13.1. The van der Waals surface area contributed by atoms with Crippen molar-refractivity contribution in [2.45, 2.75) is 158 Å². The molecule has 0 saturated carbocycles. The summed E-state index contributed by atoms with van der Waals surface area (Å²) in [5.74, 6) is 1.27. The molecule has 0 aromatic heterocycles. The molecular formula is C59H80N5O17P. The van der Waals surface area contributed by atoms with Crippen LogP contribution in [0.5, 0.6) is 17.2 Å². The van der Waals surface area contributed by atoms with Gasteiger partial charge in [0.2, 0.25) is 0 Å². The van der Waals surface area contributed by atoms with Crippen molar-refractivity contribution in [1.29, 1.82) is 0 Å². The van der Waals surface area contributed by atoms with Crippen molar-refractivity contribution in [1.82, 2.24) is 10.6 Å². The second-order valence-electron chi connectivity index (χ2n) is 21.8. The third-order valence-electron chi connectivity index (χ3n) is 12.8. The van der Waals surface area contributed by atoms with Crippen LogP contribution < -0.4 is 19.9 Å². The molecule has 0 atom stereocenters. The molecule has 2 amide bonds. The fraction of sp³-hybridized carbons (Fsp3) is 0.458. The van der Waals surface area contributed by atoms with Gasteiger partial charge < -0.3 is 44.6 Å². The van der Waals surface area contributed by atoms with E-state index in [2.05, 4.69) is 47.2 Å². The first kappa shape index (κ1) is 70.3. The van der Waals surface area contributed by atoms with E-state index in [0.717, 1.165) is 39.1 Å². The number of fused-ring (bicyclic) bond motifs is 1. The molecule has 0 aliphatic carbocycles. The van der Waals surface area contributed by atoms with E-state index in [1.165, 1.54) is 43.6 Å². The van der Waals surface area contributed by atoms with Gasteiger partial charge in [0, 0.05) is 90.4 Å². The van der Waals surface area contributed by atoms with Crippen molar-refractivity contribution in [3.8, 4) is 17.2 Å². The molecule has 23 heteroatoms. The number of carbonyl (C=O) groups excluding carboxylic acids is 5. The van der Waals surface area contributed by atoms with Gasteiger partial charge in [-0.3, -0.25) is 34.3 Å². The van der Waals surface area contributed by atoms with Crippen molar-refractivity contribution >= 4 is 49.1 Å². The Bertz CT molecular complexity index is 3060. The number of esters is 1. The molecular weight excluding hydrogens is 1080 g/mol. The van der Waals surface area contributed by atoms with E-state index in [0.29, 0.717) is 54.6 Å².